The van der Waals surface area contributed by atoms with Crippen LogP contribution in [0, 0.1) is 11.6 Å². The molecule has 0 unspecified atom stereocenters. The number of aromatic nitrogens is 1. The van der Waals surface area contributed by atoms with E-state index < -0.39 is 29.0 Å². The van der Waals surface area contributed by atoms with E-state index in [4.69, 9.17) is 26.2 Å². The first-order chi connectivity index (χ1) is 17.9. The van der Waals surface area contributed by atoms with Gasteiger partial charge in [0.05, 0.1) is 28.9 Å². The highest BCUT2D eigenvalue weighted by Crippen LogP contribution is 2.51. The van der Waals surface area contributed by atoms with E-state index in [0.717, 1.165) is 31.0 Å². The molecule has 7 nitrogen and oxygen atoms in total. The van der Waals surface area contributed by atoms with Crippen molar-refractivity contribution in [2.24, 2.45) is 0 Å². The quantitative estimate of drug-likeness (QED) is 0.428. The van der Waals surface area contributed by atoms with Crippen LogP contribution in [0.5, 0.6) is 11.6 Å². The summed E-state index contributed by atoms with van der Waals surface area (Å²) >= 11 is 6.53. The van der Waals surface area contributed by atoms with Crippen molar-refractivity contribution in [3.05, 3.63) is 75.8 Å². The molecule has 10 heteroatoms. The molecule has 0 bridgehead atoms. The number of amides is 1. The van der Waals surface area contributed by atoms with Gasteiger partial charge in [0.1, 0.15) is 18.2 Å². The van der Waals surface area contributed by atoms with Crippen LogP contribution in [0.2, 0.25) is 5.02 Å². The lowest BCUT2D eigenvalue weighted by molar-refractivity contribution is 0.0539. The molecule has 3 aromatic rings. The lowest BCUT2D eigenvalue weighted by Crippen LogP contribution is -2.48. The number of benzene rings is 2. The van der Waals surface area contributed by atoms with Crippen LogP contribution in [0.25, 0.3) is 11.3 Å². The molecule has 1 saturated heterocycles. The monoisotopic (exact) mass is 529 g/mol. The fourth-order valence-electron chi connectivity index (χ4n) is 5.22. The van der Waals surface area contributed by atoms with E-state index in [0.29, 0.717) is 12.0 Å². The number of nitrogens with zero attached hydrogens (tertiary/aromatic N) is 1. The second-order valence-corrected chi connectivity index (χ2v) is 9.41. The van der Waals surface area contributed by atoms with Crippen LogP contribution in [0.4, 0.5) is 8.78 Å². The minimum absolute atomic E-state index is 0.0405. The maximum Gasteiger partial charge on any atom is 0.253 e. The van der Waals surface area contributed by atoms with Crippen molar-refractivity contribution in [3.63, 3.8) is 0 Å². The Bertz CT molecular complexity index is 1340. The Morgan fingerprint density at radius 3 is 2.76 bits per heavy atom. The van der Waals surface area contributed by atoms with E-state index in [-0.39, 0.29) is 46.8 Å². The second-order valence-electron chi connectivity index (χ2n) is 9.03. The molecule has 37 heavy (non-hydrogen) atoms. The van der Waals surface area contributed by atoms with Crippen molar-refractivity contribution in [3.8, 4) is 22.9 Å². The predicted molar refractivity (Wildman–Crippen MR) is 134 cm³/mol. The molecule has 2 aliphatic rings. The summed E-state index contributed by atoms with van der Waals surface area (Å²) in [6.45, 7) is 0.240. The van der Waals surface area contributed by atoms with Gasteiger partial charge < -0.3 is 25.2 Å². The zero-order valence-corrected chi connectivity index (χ0v) is 20.9. The number of carbonyl (C=O) groups excluding carboxylic acids is 1. The smallest absolute Gasteiger partial charge is 0.253 e. The number of aliphatic hydroxyl groups is 1. The maximum absolute atomic E-state index is 15.3. The van der Waals surface area contributed by atoms with Crippen LogP contribution in [-0.4, -0.2) is 48.8 Å². The molecule has 2 aliphatic heterocycles. The number of pyridine rings is 1. The Hall–Kier alpha value is -3.27. The van der Waals surface area contributed by atoms with Crippen LogP contribution >= 0.6 is 11.6 Å². The van der Waals surface area contributed by atoms with Crippen LogP contribution in [0.1, 0.15) is 34.3 Å². The molecule has 5 rings (SSSR count). The number of nitrogens with one attached hydrogen (secondary N) is 2. The second kappa shape index (κ2) is 10.2. The van der Waals surface area contributed by atoms with Gasteiger partial charge in [-0.3, -0.25) is 4.79 Å². The lowest BCUT2D eigenvalue weighted by atomic mass is 9.80. The normalized spacial score (nSPS) is 20.4. The standard InChI is InChI=1S/C27H26ClF2N3O4/c1-31-25(35)16-12-19(30)26(36-11-10-34)33-24(16)22-17-14-27(21-8-5-9-32-21,15-6-3-2-4-7-15)37-20(17)13-18(29)23(22)28/h2-4,6-7,12-13,21,32,34H,5,8-11,14H2,1H3,(H,31,35)/t21-,27-/m0/s1. The van der Waals surface area contributed by atoms with Gasteiger partial charge in [-0.25, -0.2) is 13.8 Å². The molecule has 3 N–H and O–H groups in total. The molecule has 1 aromatic heterocycles. The third kappa shape index (κ3) is 4.41. The molecular weight excluding hydrogens is 504 g/mol. The third-order valence-electron chi connectivity index (χ3n) is 6.89. The summed E-state index contributed by atoms with van der Waals surface area (Å²) in [5, 5.41) is 14.8. The number of hydrogen-bond acceptors (Lipinski definition) is 6. The van der Waals surface area contributed by atoms with Crippen molar-refractivity contribution in [2.45, 2.75) is 30.9 Å². The lowest BCUT2D eigenvalue weighted by Gasteiger charge is -2.35. The summed E-state index contributed by atoms with van der Waals surface area (Å²) in [6.07, 6.45) is 2.14. The molecular formula is C27H26ClF2N3O4. The van der Waals surface area contributed by atoms with E-state index in [1.54, 1.807) is 0 Å². The average Bonchev–Trinajstić information content (AvgIpc) is 3.58. The summed E-state index contributed by atoms with van der Waals surface area (Å²) in [5.74, 6) is -2.44. The number of hydrogen-bond donors (Lipinski definition) is 3. The molecule has 1 amide bonds. The molecule has 3 heterocycles. The van der Waals surface area contributed by atoms with Crippen molar-refractivity contribution in [2.75, 3.05) is 26.8 Å². The van der Waals surface area contributed by atoms with Crippen molar-refractivity contribution >= 4 is 17.5 Å². The average molecular weight is 530 g/mol. The topological polar surface area (TPSA) is 92.7 Å². The zero-order valence-electron chi connectivity index (χ0n) is 20.1. The van der Waals surface area contributed by atoms with Gasteiger partial charge in [-0.1, -0.05) is 41.9 Å². The van der Waals surface area contributed by atoms with Crippen molar-refractivity contribution < 1.29 is 28.2 Å². The van der Waals surface area contributed by atoms with Gasteiger partial charge in [0.2, 0.25) is 0 Å². The SMILES string of the molecule is CNC(=O)c1cc(F)c(OCCO)nc1-c1c(Cl)c(F)cc2c1C[C@](c1ccccc1)([C@@H]1CCCN1)O2. The Morgan fingerprint density at radius 2 is 2.08 bits per heavy atom. The van der Waals surface area contributed by atoms with Gasteiger partial charge >= 0.3 is 0 Å². The fraction of sp³-hybridized carbons (Fsp3) is 0.333. The van der Waals surface area contributed by atoms with Gasteiger partial charge in [-0.2, -0.15) is 0 Å². The molecule has 194 valence electrons. The van der Waals surface area contributed by atoms with Gasteiger partial charge in [-0.15, -0.1) is 0 Å². The Balaban J connectivity index is 1.73. The molecule has 2 aromatic carbocycles. The number of ether oxygens (including phenoxy) is 2. The van der Waals surface area contributed by atoms with E-state index >= 15 is 4.39 Å². The van der Waals surface area contributed by atoms with Crippen molar-refractivity contribution in [1.82, 2.24) is 15.6 Å². The summed E-state index contributed by atoms with van der Waals surface area (Å²) in [4.78, 5) is 17.0. The van der Waals surface area contributed by atoms with Gasteiger partial charge in [-0.05, 0) is 31.0 Å². The predicted octanol–water partition coefficient (Wildman–Crippen LogP) is 3.99. The van der Waals surface area contributed by atoms with Gasteiger partial charge in [0, 0.05) is 30.7 Å². The highest BCUT2D eigenvalue weighted by molar-refractivity contribution is 6.34. The Labute approximate surface area is 217 Å². The van der Waals surface area contributed by atoms with Gasteiger partial charge in [0.25, 0.3) is 11.8 Å². The number of carbonyl (C=O) groups is 1. The molecule has 1 fully saturated rings. The number of rotatable bonds is 7. The third-order valence-corrected chi connectivity index (χ3v) is 7.26. The van der Waals surface area contributed by atoms with E-state index in [2.05, 4.69) is 15.6 Å². The Kier molecular flexibility index (Phi) is 7.02. The summed E-state index contributed by atoms with van der Waals surface area (Å²) in [7, 11) is 1.40. The highest BCUT2D eigenvalue weighted by atomic mass is 35.5. The van der Waals surface area contributed by atoms with E-state index in [1.807, 2.05) is 30.3 Å². The summed E-state index contributed by atoms with van der Waals surface area (Å²) in [5.41, 5.74) is 0.582. The first-order valence-corrected chi connectivity index (χ1v) is 12.4. The minimum atomic E-state index is -0.898. The first kappa shape index (κ1) is 25.4. The highest BCUT2D eigenvalue weighted by Gasteiger charge is 2.50. The molecule has 0 spiro atoms. The Morgan fingerprint density at radius 1 is 1.30 bits per heavy atom. The minimum Gasteiger partial charge on any atom is -0.480 e. The largest absolute Gasteiger partial charge is 0.480 e. The number of fused-ring (bicyclic) bond motifs is 1. The first-order valence-electron chi connectivity index (χ1n) is 12.0. The van der Waals surface area contributed by atoms with Gasteiger partial charge in [0.15, 0.2) is 11.4 Å². The van der Waals surface area contributed by atoms with Crippen molar-refractivity contribution in [1.29, 1.82) is 0 Å². The fourth-order valence-corrected chi connectivity index (χ4v) is 5.48. The van der Waals surface area contributed by atoms with Crippen LogP contribution < -0.4 is 20.1 Å². The summed E-state index contributed by atoms with van der Waals surface area (Å²) < 4.78 is 41.9. The number of aliphatic hydroxyl groups excluding tert-OH is 1. The van der Waals surface area contributed by atoms with E-state index in [1.165, 1.54) is 13.1 Å². The number of halogens is 3. The van der Waals surface area contributed by atoms with E-state index in [9.17, 15) is 9.18 Å². The van der Waals surface area contributed by atoms with Crippen LogP contribution in [0.3, 0.4) is 0 Å². The maximum atomic E-state index is 15.3. The van der Waals surface area contributed by atoms with Crippen LogP contribution in [0.15, 0.2) is 42.5 Å². The molecule has 0 saturated carbocycles. The molecule has 0 aliphatic carbocycles. The van der Waals surface area contributed by atoms with Crippen LogP contribution in [-0.2, 0) is 12.0 Å². The summed E-state index contributed by atoms with van der Waals surface area (Å²) in [6, 6.07) is 11.8. The molecule has 2 atom stereocenters. The molecule has 0 radical (unpaired) electrons. The zero-order chi connectivity index (χ0) is 26.2.